The number of aromatic nitrogens is 1. The molecule has 0 fully saturated rings. The maximum Gasteiger partial charge on any atom is 0.264 e. The van der Waals surface area contributed by atoms with E-state index in [0.29, 0.717) is 5.13 Å². The number of aryl methyl sites for hydroxylation is 4. The van der Waals surface area contributed by atoms with Crippen molar-refractivity contribution in [2.45, 2.75) is 34.6 Å². The first kappa shape index (κ1) is 17.4. The number of anilines is 1. The third kappa shape index (κ3) is 3.51. The van der Waals surface area contributed by atoms with Crippen LogP contribution in [0.1, 0.15) is 27.8 Å². The molecule has 0 unspecified atom stereocenters. The Morgan fingerprint density at radius 3 is 2.40 bits per heavy atom. The normalized spacial score (nSPS) is 10.9. The van der Waals surface area contributed by atoms with Gasteiger partial charge in [-0.25, -0.2) is 4.98 Å². The zero-order valence-electron chi connectivity index (χ0n) is 15.2. The number of nitrogens with one attached hydrogen (secondary N) is 1. The highest BCUT2D eigenvalue weighted by Crippen LogP contribution is 2.30. The Balaban J connectivity index is 1.71. The number of hydrogen-bond acceptors (Lipinski definition) is 4. The lowest BCUT2D eigenvalue weighted by Crippen LogP contribution is -2.20. The van der Waals surface area contributed by atoms with Crippen LogP contribution in [0, 0.1) is 34.6 Å². The average Bonchev–Trinajstić information content (AvgIpc) is 2.98. The van der Waals surface area contributed by atoms with Gasteiger partial charge >= 0.3 is 0 Å². The molecule has 0 atom stereocenters. The summed E-state index contributed by atoms with van der Waals surface area (Å²) in [6, 6.07) is 8.19. The minimum atomic E-state index is -0.200. The van der Waals surface area contributed by atoms with Crippen LogP contribution in [-0.2, 0) is 4.79 Å². The molecule has 2 aromatic carbocycles. The fourth-order valence-corrected chi connectivity index (χ4v) is 3.66. The molecule has 0 radical (unpaired) electrons. The SMILES string of the molecule is Cc1ccc(C)c(OCC(=O)Nc2nc3c(C)c(C)ccc3s2)c1C. The van der Waals surface area contributed by atoms with Crippen LogP contribution in [0.4, 0.5) is 5.13 Å². The molecule has 1 N–H and O–H groups in total. The summed E-state index contributed by atoms with van der Waals surface area (Å²) in [6.45, 7) is 10.1. The van der Waals surface area contributed by atoms with Crippen molar-refractivity contribution in [3.05, 3.63) is 52.1 Å². The number of hydrogen-bond donors (Lipinski definition) is 1. The summed E-state index contributed by atoms with van der Waals surface area (Å²) in [6.07, 6.45) is 0. The van der Waals surface area contributed by atoms with Crippen LogP contribution in [0.3, 0.4) is 0 Å². The summed E-state index contributed by atoms with van der Waals surface area (Å²) in [5.41, 5.74) is 6.55. The number of rotatable bonds is 4. The van der Waals surface area contributed by atoms with Gasteiger partial charge in [0.25, 0.3) is 5.91 Å². The second-order valence-electron chi connectivity index (χ2n) is 6.36. The zero-order chi connectivity index (χ0) is 18.1. The standard InChI is InChI=1S/C20H22N2O2S/c1-11-8-9-16-18(14(11)4)22-20(25-16)21-17(23)10-24-19-13(3)7-6-12(2)15(19)5/h6-9H,10H2,1-5H3,(H,21,22,23). The van der Waals surface area contributed by atoms with Crippen molar-refractivity contribution in [3.63, 3.8) is 0 Å². The monoisotopic (exact) mass is 354 g/mol. The summed E-state index contributed by atoms with van der Waals surface area (Å²) in [5.74, 6) is 0.583. The number of ether oxygens (including phenoxy) is 1. The molecule has 0 aliphatic rings. The van der Waals surface area contributed by atoms with Gasteiger partial charge in [0.1, 0.15) is 5.75 Å². The van der Waals surface area contributed by atoms with E-state index in [1.807, 2.05) is 32.9 Å². The van der Waals surface area contributed by atoms with E-state index in [2.05, 4.69) is 36.3 Å². The molecule has 0 aliphatic heterocycles. The van der Waals surface area contributed by atoms with Gasteiger partial charge in [0.15, 0.2) is 11.7 Å². The Kier molecular flexibility index (Phi) is 4.77. The summed E-state index contributed by atoms with van der Waals surface area (Å²) < 4.78 is 6.84. The van der Waals surface area contributed by atoms with Gasteiger partial charge in [-0.1, -0.05) is 29.5 Å². The van der Waals surface area contributed by atoms with Crippen LogP contribution in [0.15, 0.2) is 24.3 Å². The minimum Gasteiger partial charge on any atom is -0.483 e. The number of thiazole rings is 1. The molecule has 3 aromatic rings. The largest absolute Gasteiger partial charge is 0.483 e. The summed E-state index contributed by atoms with van der Waals surface area (Å²) >= 11 is 1.48. The first-order chi connectivity index (χ1) is 11.9. The molecule has 0 saturated carbocycles. The Bertz CT molecular complexity index is 960. The Hall–Kier alpha value is -2.40. The fourth-order valence-electron chi connectivity index (χ4n) is 2.72. The van der Waals surface area contributed by atoms with Gasteiger partial charge < -0.3 is 4.74 Å². The van der Waals surface area contributed by atoms with E-state index in [1.54, 1.807) is 0 Å². The summed E-state index contributed by atoms with van der Waals surface area (Å²) in [7, 11) is 0. The number of carbonyl (C=O) groups excluding carboxylic acids is 1. The molecule has 5 heteroatoms. The molecule has 0 bridgehead atoms. The molecular weight excluding hydrogens is 332 g/mol. The van der Waals surface area contributed by atoms with E-state index in [0.717, 1.165) is 38.2 Å². The van der Waals surface area contributed by atoms with Crippen molar-refractivity contribution in [1.82, 2.24) is 4.98 Å². The molecule has 4 nitrogen and oxygen atoms in total. The van der Waals surface area contributed by atoms with Crippen molar-refractivity contribution in [3.8, 4) is 5.75 Å². The number of amides is 1. The molecule has 1 heterocycles. The lowest BCUT2D eigenvalue weighted by atomic mass is 10.1. The second-order valence-corrected chi connectivity index (χ2v) is 7.39. The van der Waals surface area contributed by atoms with Crippen molar-refractivity contribution < 1.29 is 9.53 Å². The zero-order valence-corrected chi connectivity index (χ0v) is 16.0. The van der Waals surface area contributed by atoms with Gasteiger partial charge in [-0.15, -0.1) is 0 Å². The highest BCUT2D eigenvalue weighted by molar-refractivity contribution is 7.22. The maximum atomic E-state index is 12.3. The lowest BCUT2D eigenvalue weighted by molar-refractivity contribution is -0.118. The molecule has 25 heavy (non-hydrogen) atoms. The molecule has 0 spiro atoms. The van der Waals surface area contributed by atoms with Crippen LogP contribution in [0.2, 0.25) is 0 Å². The number of nitrogens with zero attached hydrogens (tertiary/aromatic N) is 1. The Labute approximate surface area is 151 Å². The van der Waals surface area contributed by atoms with Gasteiger partial charge in [-0.2, -0.15) is 0 Å². The van der Waals surface area contributed by atoms with Crippen LogP contribution in [-0.4, -0.2) is 17.5 Å². The number of fused-ring (bicyclic) bond motifs is 1. The molecule has 0 aliphatic carbocycles. The lowest BCUT2D eigenvalue weighted by Gasteiger charge is -2.13. The van der Waals surface area contributed by atoms with Gasteiger partial charge in [-0.05, 0) is 68.5 Å². The van der Waals surface area contributed by atoms with Crippen LogP contribution >= 0.6 is 11.3 Å². The number of carbonyl (C=O) groups is 1. The third-order valence-electron chi connectivity index (χ3n) is 4.55. The van der Waals surface area contributed by atoms with E-state index in [9.17, 15) is 4.79 Å². The van der Waals surface area contributed by atoms with Crippen molar-refractivity contribution in [2.75, 3.05) is 11.9 Å². The van der Waals surface area contributed by atoms with Crippen LogP contribution in [0.25, 0.3) is 10.2 Å². The summed E-state index contributed by atoms with van der Waals surface area (Å²) in [5, 5.41) is 3.45. The molecule has 130 valence electrons. The average molecular weight is 354 g/mol. The second kappa shape index (κ2) is 6.84. The topological polar surface area (TPSA) is 51.2 Å². The highest BCUT2D eigenvalue weighted by atomic mass is 32.1. The predicted molar refractivity (Wildman–Crippen MR) is 104 cm³/mol. The van der Waals surface area contributed by atoms with Gasteiger partial charge in [0, 0.05) is 0 Å². The van der Waals surface area contributed by atoms with E-state index >= 15 is 0 Å². The van der Waals surface area contributed by atoms with Gasteiger partial charge in [0.05, 0.1) is 10.2 Å². The molecular formula is C20H22N2O2S. The van der Waals surface area contributed by atoms with E-state index in [4.69, 9.17) is 4.74 Å². The highest BCUT2D eigenvalue weighted by Gasteiger charge is 2.12. The van der Waals surface area contributed by atoms with E-state index in [-0.39, 0.29) is 12.5 Å². The van der Waals surface area contributed by atoms with E-state index < -0.39 is 0 Å². The maximum absolute atomic E-state index is 12.3. The Morgan fingerprint density at radius 1 is 1.00 bits per heavy atom. The van der Waals surface area contributed by atoms with Crippen molar-refractivity contribution >= 4 is 32.6 Å². The van der Waals surface area contributed by atoms with Gasteiger partial charge in [-0.3, -0.25) is 10.1 Å². The molecule has 1 aromatic heterocycles. The molecule has 3 rings (SSSR count). The first-order valence-corrected chi connectivity index (χ1v) is 9.04. The fraction of sp³-hybridized carbons (Fsp3) is 0.300. The molecule has 0 saturated heterocycles. The number of benzene rings is 2. The predicted octanol–water partition coefficient (Wildman–Crippen LogP) is 4.86. The van der Waals surface area contributed by atoms with Crippen LogP contribution in [0.5, 0.6) is 5.75 Å². The van der Waals surface area contributed by atoms with Gasteiger partial charge in [0.2, 0.25) is 0 Å². The Morgan fingerprint density at radius 2 is 1.64 bits per heavy atom. The minimum absolute atomic E-state index is 0.0287. The molecule has 1 amide bonds. The smallest absolute Gasteiger partial charge is 0.264 e. The van der Waals surface area contributed by atoms with E-state index in [1.165, 1.54) is 16.9 Å². The van der Waals surface area contributed by atoms with Crippen molar-refractivity contribution in [1.29, 1.82) is 0 Å². The third-order valence-corrected chi connectivity index (χ3v) is 5.49. The first-order valence-electron chi connectivity index (χ1n) is 8.23. The van der Waals surface area contributed by atoms with Crippen molar-refractivity contribution in [2.24, 2.45) is 0 Å². The quantitative estimate of drug-likeness (QED) is 0.728. The summed E-state index contributed by atoms with van der Waals surface area (Å²) in [4.78, 5) is 16.8. The van der Waals surface area contributed by atoms with Crippen LogP contribution < -0.4 is 10.1 Å².